The summed E-state index contributed by atoms with van der Waals surface area (Å²) in [6.07, 6.45) is 2.77. The molecule has 2 aromatic heterocycles. The van der Waals surface area contributed by atoms with E-state index in [0.29, 0.717) is 37.4 Å². The Morgan fingerprint density at radius 3 is 3.08 bits per heavy atom. The molecule has 1 aliphatic heterocycles. The van der Waals surface area contributed by atoms with Gasteiger partial charge < -0.3 is 14.6 Å². The summed E-state index contributed by atoms with van der Waals surface area (Å²) in [5.41, 5.74) is 2.08. The Balaban J connectivity index is 1.54. The van der Waals surface area contributed by atoms with Gasteiger partial charge in [0.1, 0.15) is 24.1 Å². The second-order valence-electron chi connectivity index (χ2n) is 5.80. The Morgan fingerprint density at radius 2 is 2.21 bits per heavy atom. The average Bonchev–Trinajstić information content (AvgIpc) is 2.94. The van der Waals surface area contributed by atoms with Gasteiger partial charge in [-0.1, -0.05) is 0 Å². The molecular formula is C17H16F2N4O. The lowest BCUT2D eigenvalue weighted by Crippen LogP contribution is -2.32. The lowest BCUT2D eigenvalue weighted by Gasteiger charge is -2.26. The van der Waals surface area contributed by atoms with Crippen molar-refractivity contribution >= 4 is 11.0 Å². The van der Waals surface area contributed by atoms with E-state index in [9.17, 15) is 8.78 Å². The highest BCUT2D eigenvalue weighted by atomic mass is 19.1. The largest absolute Gasteiger partial charge is 0.371 e. The van der Waals surface area contributed by atoms with Gasteiger partial charge in [-0.2, -0.15) is 0 Å². The summed E-state index contributed by atoms with van der Waals surface area (Å²) in [6, 6.07) is 6.28. The average molecular weight is 330 g/mol. The zero-order valence-corrected chi connectivity index (χ0v) is 12.9. The van der Waals surface area contributed by atoms with Crippen molar-refractivity contribution in [2.45, 2.75) is 19.2 Å². The molecule has 0 radical (unpaired) electrons. The van der Waals surface area contributed by atoms with E-state index in [0.717, 1.165) is 11.3 Å². The predicted molar refractivity (Wildman–Crippen MR) is 84.3 cm³/mol. The summed E-state index contributed by atoms with van der Waals surface area (Å²) in [7, 11) is 0. The number of pyridine rings is 1. The predicted octanol–water partition coefficient (Wildman–Crippen LogP) is 2.57. The monoisotopic (exact) mass is 330 g/mol. The highest BCUT2D eigenvalue weighted by molar-refractivity contribution is 5.76. The number of nitrogens with zero attached hydrogens (tertiary/aromatic N) is 3. The third-order valence-electron chi connectivity index (χ3n) is 4.18. The molecule has 124 valence electrons. The fourth-order valence-electron chi connectivity index (χ4n) is 3.06. The summed E-state index contributed by atoms with van der Waals surface area (Å²) < 4.78 is 34.7. The molecule has 24 heavy (non-hydrogen) atoms. The van der Waals surface area contributed by atoms with Crippen molar-refractivity contribution in [1.82, 2.24) is 19.9 Å². The van der Waals surface area contributed by atoms with Crippen LogP contribution in [0.2, 0.25) is 0 Å². The van der Waals surface area contributed by atoms with E-state index < -0.39 is 0 Å². The molecule has 1 aliphatic rings. The van der Waals surface area contributed by atoms with Gasteiger partial charge in [0.15, 0.2) is 0 Å². The molecule has 3 aromatic rings. The Labute approximate surface area is 137 Å². The van der Waals surface area contributed by atoms with Crippen molar-refractivity contribution < 1.29 is 13.5 Å². The SMILES string of the molecule is Fc1ccc2c(c1)nc1n2[C@@H](CNCc2ccncc2F)COC1. The van der Waals surface area contributed by atoms with Crippen molar-refractivity contribution in [2.24, 2.45) is 0 Å². The summed E-state index contributed by atoms with van der Waals surface area (Å²) in [6.45, 7) is 1.94. The van der Waals surface area contributed by atoms with Crippen molar-refractivity contribution in [2.75, 3.05) is 13.2 Å². The van der Waals surface area contributed by atoms with E-state index in [-0.39, 0.29) is 17.7 Å². The summed E-state index contributed by atoms with van der Waals surface area (Å²) in [5.74, 6) is 0.152. The number of rotatable bonds is 4. The number of fused-ring (bicyclic) bond motifs is 3. The van der Waals surface area contributed by atoms with Crippen molar-refractivity contribution in [3.63, 3.8) is 0 Å². The summed E-state index contributed by atoms with van der Waals surface area (Å²) in [4.78, 5) is 8.19. The van der Waals surface area contributed by atoms with Crippen LogP contribution < -0.4 is 5.32 Å². The lowest BCUT2D eigenvalue weighted by molar-refractivity contribution is 0.0564. The molecule has 4 rings (SSSR count). The minimum atomic E-state index is -0.325. The molecule has 0 amide bonds. The van der Waals surface area contributed by atoms with Crippen LogP contribution in [0.3, 0.4) is 0 Å². The highest BCUT2D eigenvalue weighted by Crippen LogP contribution is 2.26. The number of ether oxygens (including phenoxy) is 1. The Hall–Kier alpha value is -2.38. The van der Waals surface area contributed by atoms with E-state index >= 15 is 0 Å². The van der Waals surface area contributed by atoms with Crippen LogP contribution in [0.4, 0.5) is 8.78 Å². The van der Waals surface area contributed by atoms with Crippen LogP contribution in [-0.4, -0.2) is 27.7 Å². The number of aromatic nitrogens is 3. The lowest BCUT2D eigenvalue weighted by atomic mass is 10.2. The van der Waals surface area contributed by atoms with Gasteiger partial charge in [0, 0.05) is 30.9 Å². The standard InChI is InChI=1S/C17H16F2N4O/c18-12-1-2-16-15(5-12)22-17-10-24-9-13(23(16)17)7-21-6-11-3-4-20-8-14(11)19/h1-5,8,13,21H,6-7,9-10H2/t13-/m0/s1. The quantitative estimate of drug-likeness (QED) is 0.799. The fraction of sp³-hybridized carbons (Fsp3) is 0.294. The van der Waals surface area contributed by atoms with Crippen molar-refractivity contribution in [3.05, 3.63) is 59.7 Å². The van der Waals surface area contributed by atoms with Crippen molar-refractivity contribution in [1.29, 1.82) is 0 Å². The normalized spacial score (nSPS) is 17.2. The zero-order valence-electron chi connectivity index (χ0n) is 12.9. The maximum atomic E-state index is 13.6. The second-order valence-corrected chi connectivity index (χ2v) is 5.80. The second kappa shape index (κ2) is 6.26. The van der Waals surface area contributed by atoms with Gasteiger partial charge >= 0.3 is 0 Å². The molecule has 5 nitrogen and oxygen atoms in total. The van der Waals surface area contributed by atoms with Gasteiger partial charge in [-0.3, -0.25) is 4.98 Å². The number of hydrogen-bond donors (Lipinski definition) is 1. The number of imidazole rings is 1. The Morgan fingerprint density at radius 1 is 1.29 bits per heavy atom. The van der Waals surface area contributed by atoms with Crippen LogP contribution in [-0.2, 0) is 17.9 Å². The van der Waals surface area contributed by atoms with Crippen LogP contribution in [0.25, 0.3) is 11.0 Å². The summed E-state index contributed by atoms with van der Waals surface area (Å²) >= 11 is 0. The van der Waals surface area contributed by atoms with Gasteiger partial charge in [-0.25, -0.2) is 13.8 Å². The first-order valence-electron chi connectivity index (χ1n) is 7.75. The first-order chi connectivity index (χ1) is 11.7. The molecule has 0 spiro atoms. The Bertz CT molecular complexity index is 880. The van der Waals surface area contributed by atoms with Crippen LogP contribution in [0.5, 0.6) is 0 Å². The van der Waals surface area contributed by atoms with Gasteiger partial charge in [0.2, 0.25) is 0 Å². The first kappa shape index (κ1) is 15.2. The third-order valence-corrected chi connectivity index (χ3v) is 4.18. The molecule has 0 aliphatic carbocycles. The van der Waals surface area contributed by atoms with Gasteiger partial charge in [0.05, 0.1) is 29.9 Å². The van der Waals surface area contributed by atoms with Crippen LogP contribution in [0.1, 0.15) is 17.4 Å². The van der Waals surface area contributed by atoms with Gasteiger partial charge in [-0.15, -0.1) is 0 Å². The number of hydrogen-bond acceptors (Lipinski definition) is 4. The number of nitrogens with one attached hydrogen (secondary N) is 1. The molecule has 0 unspecified atom stereocenters. The first-order valence-corrected chi connectivity index (χ1v) is 7.75. The molecular weight excluding hydrogens is 314 g/mol. The molecule has 1 N–H and O–H groups in total. The molecule has 0 saturated carbocycles. The van der Waals surface area contributed by atoms with Crippen molar-refractivity contribution in [3.8, 4) is 0 Å². The third kappa shape index (κ3) is 2.76. The number of benzene rings is 1. The minimum Gasteiger partial charge on any atom is -0.371 e. The zero-order chi connectivity index (χ0) is 16.5. The molecule has 1 atom stereocenters. The number of halogens is 2. The molecule has 0 fully saturated rings. The van der Waals surface area contributed by atoms with Crippen LogP contribution in [0, 0.1) is 11.6 Å². The maximum absolute atomic E-state index is 13.6. The fourth-order valence-corrected chi connectivity index (χ4v) is 3.06. The van der Waals surface area contributed by atoms with E-state index in [2.05, 4.69) is 19.9 Å². The smallest absolute Gasteiger partial charge is 0.145 e. The summed E-state index contributed by atoms with van der Waals surface area (Å²) in [5, 5.41) is 3.25. The van der Waals surface area contributed by atoms with E-state index in [4.69, 9.17) is 4.74 Å². The van der Waals surface area contributed by atoms with Crippen LogP contribution >= 0.6 is 0 Å². The van der Waals surface area contributed by atoms with Gasteiger partial charge in [-0.05, 0) is 18.2 Å². The molecule has 1 aromatic carbocycles. The van der Waals surface area contributed by atoms with Crippen LogP contribution in [0.15, 0.2) is 36.7 Å². The topological polar surface area (TPSA) is 52.0 Å². The Kier molecular flexibility index (Phi) is 3.95. The minimum absolute atomic E-state index is 0.0223. The van der Waals surface area contributed by atoms with E-state index in [1.807, 2.05) is 0 Å². The van der Waals surface area contributed by atoms with Gasteiger partial charge in [0.25, 0.3) is 0 Å². The van der Waals surface area contributed by atoms with E-state index in [1.165, 1.54) is 18.3 Å². The highest BCUT2D eigenvalue weighted by Gasteiger charge is 2.24. The van der Waals surface area contributed by atoms with E-state index in [1.54, 1.807) is 18.3 Å². The molecule has 3 heterocycles. The molecule has 7 heteroatoms. The molecule has 0 bridgehead atoms. The maximum Gasteiger partial charge on any atom is 0.145 e. The molecule has 0 saturated heterocycles.